The van der Waals surface area contributed by atoms with Crippen molar-refractivity contribution >= 4 is 17.6 Å². The van der Waals surface area contributed by atoms with Crippen molar-refractivity contribution in [1.82, 2.24) is 9.80 Å². The molecule has 3 rings (SSSR count). The minimum atomic E-state index is -0.174. The van der Waals surface area contributed by atoms with Gasteiger partial charge in [-0.05, 0) is 37.6 Å². The van der Waals surface area contributed by atoms with Gasteiger partial charge in [0.2, 0.25) is 5.91 Å². The van der Waals surface area contributed by atoms with E-state index < -0.39 is 0 Å². The van der Waals surface area contributed by atoms with Gasteiger partial charge in [-0.15, -0.1) is 0 Å². The second-order valence-corrected chi connectivity index (χ2v) is 6.54. The van der Waals surface area contributed by atoms with Crippen LogP contribution in [-0.2, 0) is 9.53 Å². The molecule has 27 heavy (non-hydrogen) atoms. The van der Waals surface area contributed by atoms with Gasteiger partial charge in [-0.3, -0.25) is 4.79 Å². The van der Waals surface area contributed by atoms with Crippen LogP contribution in [-0.4, -0.2) is 61.6 Å². The Morgan fingerprint density at radius 1 is 1.07 bits per heavy atom. The van der Waals surface area contributed by atoms with Crippen molar-refractivity contribution in [2.45, 2.75) is 13.3 Å². The van der Waals surface area contributed by atoms with Crippen LogP contribution in [0.5, 0.6) is 0 Å². The van der Waals surface area contributed by atoms with Crippen LogP contribution in [0.2, 0.25) is 0 Å². The number of nitrogens with zero attached hydrogens (tertiary/aromatic N) is 2. The Hall–Kier alpha value is -2.80. The van der Waals surface area contributed by atoms with Crippen molar-refractivity contribution in [1.29, 1.82) is 0 Å². The highest BCUT2D eigenvalue weighted by Crippen LogP contribution is 2.29. The molecule has 2 heterocycles. The first-order valence-electron chi connectivity index (χ1n) is 9.07. The Bertz CT molecular complexity index is 802. The summed E-state index contributed by atoms with van der Waals surface area (Å²) in [5, 5.41) is 2.98. The molecular weight excluding hydrogens is 346 g/mol. The molecule has 7 nitrogen and oxygen atoms in total. The number of para-hydroxylation sites is 1. The zero-order valence-electron chi connectivity index (χ0n) is 15.7. The van der Waals surface area contributed by atoms with Crippen LogP contribution in [0.4, 0.5) is 10.5 Å². The molecule has 0 aliphatic carbocycles. The number of anilines is 1. The molecule has 1 aromatic carbocycles. The maximum Gasteiger partial charge on any atom is 0.321 e. The molecule has 7 heteroatoms. The van der Waals surface area contributed by atoms with Crippen molar-refractivity contribution < 1.29 is 18.7 Å². The maximum atomic E-state index is 12.8. The van der Waals surface area contributed by atoms with Gasteiger partial charge in [0.1, 0.15) is 18.1 Å². The number of nitrogens with one attached hydrogen (secondary N) is 1. The molecule has 0 radical (unpaired) electrons. The highest BCUT2D eigenvalue weighted by molar-refractivity contribution is 5.94. The van der Waals surface area contributed by atoms with E-state index in [0.717, 1.165) is 23.5 Å². The van der Waals surface area contributed by atoms with Gasteiger partial charge in [0, 0.05) is 38.9 Å². The second kappa shape index (κ2) is 8.73. The fraction of sp³-hybridized carbons (Fsp3) is 0.400. The fourth-order valence-corrected chi connectivity index (χ4v) is 3.17. The number of aryl methyl sites for hydroxylation is 1. The molecule has 144 valence electrons. The molecule has 1 fully saturated rings. The molecule has 1 aliphatic rings. The van der Waals surface area contributed by atoms with Gasteiger partial charge >= 0.3 is 6.03 Å². The molecule has 3 amide bonds. The van der Waals surface area contributed by atoms with Crippen LogP contribution >= 0.6 is 0 Å². The Balaban J connectivity index is 1.67. The molecule has 0 atom stereocenters. The Labute approximate surface area is 158 Å². The van der Waals surface area contributed by atoms with E-state index in [4.69, 9.17) is 9.15 Å². The van der Waals surface area contributed by atoms with Gasteiger partial charge in [-0.1, -0.05) is 12.1 Å². The molecule has 0 spiro atoms. The van der Waals surface area contributed by atoms with E-state index in [2.05, 4.69) is 5.32 Å². The van der Waals surface area contributed by atoms with E-state index in [1.165, 1.54) is 7.11 Å². The summed E-state index contributed by atoms with van der Waals surface area (Å²) in [6.07, 6.45) is 0.738. The number of carbonyl (C=O) groups excluding carboxylic acids is 2. The SMILES string of the molecule is COCC(=O)N1CCCN(C(=O)Nc2ccccc2-c2ccc(C)o2)CC1. The number of hydrogen-bond acceptors (Lipinski definition) is 4. The van der Waals surface area contributed by atoms with Crippen LogP contribution in [0.15, 0.2) is 40.8 Å². The summed E-state index contributed by atoms with van der Waals surface area (Å²) in [4.78, 5) is 28.2. The predicted octanol–water partition coefficient (Wildman–Crippen LogP) is 2.97. The third-order valence-electron chi connectivity index (χ3n) is 4.58. The summed E-state index contributed by atoms with van der Waals surface area (Å²) in [7, 11) is 1.51. The number of ether oxygens (including phenoxy) is 1. The quantitative estimate of drug-likeness (QED) is 0.897. The number of benzene rings is 1. The van der Waals surface area contributed by atoms with Gasteiger partial charge in [0.05, 0.1) is 5.69 Å². The first-order valence-corrected chi connectivity index (χ1v) is 9.07. The van der Waals surface area contributed by atoms with Crippen LogP contribution in [0.1, 0.15) is 12.2 Å². The molecule has 1 aliphatic heterocycles. The molecule has 0 unspecified atom stereocenters. The summed E-state index contributed by atoms with van der Waals surface area (Å²) in [6.45, 7) is 4.19. The van der Waals surface area contributed by atoms with E-state index in [9.17, 15) is 9.59 Å². The molecule has 1 N–H and O–H groups in total. The lowest BCUT2D eigenvalue weighted by Crippen LogP contribution is -2.40. The number of urea groups is 1. The minimum Gasteiger partial charge on any atom is -0.461 e. The highest BCUT2D eigenvalue weighted by Gasteiger charge is 2.22. The lowest BCUT2D eigenvalue weighted by molar-refractivity contribution is -0.134. The first kappa shape index (κ1) is 19.0. The van der Waals surface area contributed by atoms with Crippen molar-refractivity contribution in [2.24, 2.45) is 0 Å². The molecule has 2 aromatic rings. The van der Waals surface area contributed by atoms with Crippen molar-refractivity contribution in [2.75, 3.05) is 45.2 Å². The van der Waals surface area contributed by atoms with Gasteiger partial charge < -0.3 is 24.3 Å². The maximum absolute atomic E-state index is 12.8. The highest BCUT2D eigenvalue weighted by atomic mass is 16.5. The van der Waals surface area contributed by atoms with E-state index in [1.807, 2.05) is 43.3 Å². The molecule has 1 saturated heterocycles. The number of furan rings is 1. The smallest absolute Gasteiger partial charge is 0.321 e. The molecular formula is C20H25N3O4. The van der Waals surface area contributed by atoms with E-state index in [-0.39, 0.29) is 18.5 Å². The largest absolute Gasteiger partial charge is 0.461 e. The Morgan fingerprint density at radius 2 is 1.81 bits per heavy atom. The molecule has 0 bridgehead atoms. The number of carbonyl (C=O) groups is 2. The summed E-state index contributed by atoms with van der Waals surface area (Å²) < 4.78 is 10.6. The standard InChI is InChI=1S/C20H25N3O4/c1-15-8-9-18(27-15)16-6-3-4-7-17(16)21-20(25)23-11-5-10-22(12-13-23)19(24)14-26-2/h3-4,6-9H,5,10-14H2,1-2H3,(H,21,25). The summed E-state index contributed by atoms with van der Waals surface area (Å²) in [5.41, 5.74) is 1.54. The van der Waals surface area contributed by atoms with Gasteiger partial charge in [0.25, 0.3) is 0 Å². The summed E-state index contributed by atoms with van der Waals surface area (Å²) >= 11 is 0. The predicted molar refractivity (Wildman–Crippen MR) is 103 cm³/mol. The lowest BCUT2D eigenvalue weighted by Gasteiger charge is -2.22. The topological polar surface area (TPSA) is 75.0 Å². The molecule has 1 aromatic heterocycles. The van der Waals surface area contributed by atoms with Crippen LogP contribution in [0, 0.1) is 6.92 Å². The van der Waals surface area contributed by atoms with Gasteiger partial charge in [-0.2, -0.15) is 0 Å². The number of amides is 3. The normalized spacial score (nSPS) is 14.7. The first-order chi connectivity index (χ1) is 13.1. The van der Waals surface area contributed by atoms with Gasteiger partial charge in [-0.25, -0.2) is 4.79 Å². The van der Waals surface area contributed by atoms with Crippen molar-refractivity contribution in [3.63, 3.8) is 0 Å². The molecule has 0 saturated carbocycles. The van der Waals surface area contributed by atoms with Crippen LogP contribution < -0.4 is 5.32 Å². The van der Waals surface area contributed by atoms with Crippen LogP contribution in [0.25, 0.3) is 11.3 Å². The van der Waals surface area contributed by atoms with Gasteiger partial charge in [0.15, 0.2) is 0 Å². The summed E-state index contributed by atoms with van der Waals surface area (Å²) in [6, 6.07) is 11.2. The van der Waals surface area contributed by atoms with Crippen LogP contribution in [0.3, 0.4) is 0 Å². The Kier molecular flexibility index (Phi) is 6.13. The van der Waals surface area contributed by atoms with E-state index in [0.29, 0.717) is 31.9 Å². The monoisotopic (exact) mass is 371 g/mol. The lowest BCUT2D eigenvalue weighted by atomic mass is 10.1. The third kappa shape index (κ3) is 4.68. The third-order valence-corrected chi connectivity index (χ3v) is 4.58. The number of rotatable bonds is 4. The average molecular weight is 371 g/mol. The van der Waals surface area contributed by atoms with E-state index >= 15 is 0 Å². The number of methoxy groups -OCH3 is 1. The zero-order chi connectivity index (χ0) is 19.2. The van der Waals surface area contributed by atoms with Crippen molar-refractivity contribution in [3.8, 4) is 11.3 Å². The average Bonchev–Trinajstić information content (AvgIpc) is 2.93. The van der Waals surface area contributed by atoms with E-state index in [1.54, 1.807) is 9.80 Å². The Morgan fingerprint density at radius 3 is 2.56 bits per heavy atom. The summed E-state index contributed by atoms with van der Waals surface area (Å²) in [5.74, 6) is 1.49. The minimum absolute atomic E-state index is 0.0432. The fourth-order valence-electron chi connectivity index (χ4n) is 3.17. The zero-order valence-corrected chi connectivity index (χ0v) is 15.7. The van der Waals surface area contributed by atoms with Crippen molar-refractivity contribution in [3.05, 3.63) is 42.2 Å². The second-order valence-electron chi connectivity index (χ2n) is 6.54. The number of hydrogen-bond donors (Lipinski definition) is 1.